The van der Waals surface area contributed by atoms with Gasteiger partial charge in [0.2, 0.25) is 0 Å². The number of terminal acetylenes is 2. The Morgan fingerprint density at radius 3 is 1.77 bits per heavy atom. The summed E-state index contributed by atoms with van der Waals surface area (Å²) in [6.45, 7) is 0. The van der Waals surface area contributed by atoms with Gasteiger partial charge >= 0.3 is 0 Å². The summed E-state index contributed by atoms with van der Waals surface area (Å²) in [6.07, 6.45) is 12.9. The number of nitrogens with zero attached hydrogens (tertiary/aromatic N) is 9. The first kappa shape index (κ1) is 18.7. The molecule has 0 N–H and O–H groups in total. The Bertz CT molecular complexity index is 1770. The molecule has 4 rings (SSSR count). The fraction of sp³-hybridized carbons (Fsp3) is 0.0455. The molecule has 0 aliphatic carbocycles. The second-order valence-corrected chi connectivity index (χ2v) is 6.08. The molecule has 9 heteroatoms. The average Bonchev–Trinajstić information content (AvgIpc) is 3.01. The average molecular weight is 395 g/mol. The van der Waals surface area contributed by atoms with Gasteiger partial charge in [-0.15, -0.1) is 12.8 Å². The van der Waals surface area contributed by atoms with Gasteiger partial charge in [-0.05, 0) is 11.8 Å². The SMILES string of the molecule is C#CC1=C(C#N)CC=c2c(c3nc(C#C)c(C#N)nc3c3nc(C#N)c(C#N)nc23)=N1. The lowest BCUT2D eigenvalue weighted by molar-refractivity contribution is 1.15. The van der Waals surface area contributed by atoms with Gasteiger partial charge in [-0.3, -0.25) is 0 Å². The first-order chi connectivity index (χ1) is 15.1. The lowest BCUT2D eigenvalue weighted by Gasteiger charge is -2.07. The minimum atomic E-state index is -0.205. The summed E-state index contributed by atoms with van der Waals surface area (Å²) in [4.78, 5) is 21.6. The molecule has 0 saturated heterocycles. The highest BCUT2D eigenvalue weighted by Crippen LogP contribution is 2.20. The predicted molar refractivity (Wildman–Crippen MR) is 106 cm³/mol. The molecular formula is C22H5N9. The van der Waals surface area contributed by atoms with Crippen LogP contribution in [0.2, 0.25) is 0 Å². The number of aromatic nitrogens is 4. The molecule has 0 fully saturated rings. The van der Waals surface area contributed by atoms with Crippen LogP contribution in [0.15, 0.2) is 16.3 Å². The quantitative estimate of drug-likeness (QED) is 0.390. The lowest BCUT2D eigenvalue weighted by atomic mass is 10.1. The zero-order valence-electron chi connectivity index (χ0n) is 15.5. The van der Waals surface area contributed by atoms with Crippen LogP contribution in [-0.2, 0) is 0 Å². The van der Waals surface area contributed by atoms with E-state index in [0.717, 1.165) is 0 Å². The molecule has 2 aromatic heterocycles. The number of fused-ring (bicyclic) bond motifs is 6. The summed E-state index contributed by atoms with van der Waals surface area (Å²) in [5.41, 5.74) is 0.488. The maximum Gasteiger partial charge on any atom is 0.177 e. The van der Waals surface area contributed by atoms with Crippen molar-refractivity contribution in [2.24, 2.45) is 4.99 Å². The predicted octanol–water partition coefficient (Wildman–Crippen LogP) is 0.384. The van der Waals surface area contributed by atoms with Gasteiger partial charge in [-0.1, -0.05) is 6.08 Å². The van der Waals surface area contributed by atoms with Crippen molar-refractivity contribution in [2.45, 2.75) is 6.42 Å². The van der Waals surface area contributed by atoms with Gasteiger partial charge in [0, 0.05) is 11.6 Å². The molecule has 0 unspecified atom stereocenters. The van der Waals surface area contributed by atoms with Gasteiger partial charge in [0.1, 0.15) is 57.0 Å². The highest BCUT2D eigenvalue weighted by atomic mass is 14.9. The molecule has 1 aliphatic rings. The molecular weight excluding hydrogens is 390 g/mol. The maximum absolute atomic E-state index is 9.44. The molecule has 31 heavy (non-hydrogen) atoms. The van der Waals surface area contributed by atoms with E-state index in [2.05, 4.69) is 36.8 Å². The number of allylic oxidation sites excluding steroid dienone is 2. The van der Waals surface area contributed by atoms with Crippen LogP contribution in [0.25, 0.3) is 28.1 Å². The third kappa shape index (κ3) is 2.69. The molecule has 0 amide bonds. The Labute approximate surface area is 174 Å². The van der Waals surface area contributed by atoms with Gasteiger partial charge in [0.25, 0.3) is 0 Å². The summed E-state index contributed by atoms with van der Waals surface area (Å²) in [5, 5.41) is 38.3. The van der Waals surface area contributed by atoms with Crippen molar-refractivity contribution in [3.05, 3.63) is 44.6 Å². The van der Waals surface area contributed by atoms with E-state index in [1.54, 1.807) is 6.08 Å². The Balaban J connectivity index is 2.41. The van der Waals surface area contributed by atoms with Crippen molar-refractivity contribution in [1.82, 2.24) is 19.9 Å². The summed E-state index contributed by atoms with van der Waals surface area (Å²) >= 11 is 0. The van der Waals surface area contributed by atoms with Crippen molar-refractivity contribution in [3.8, 4) is 49.0 Å². The molecule has 1 aliphatic heterocycles. The van der Waals surface area contributed by atoms with Crippen molar-refractivity contribution < 1.29 is 0 Å². The zero-order chi connectivity index (χ0) is 22.1. The standard InChI is InChI=1S/C22H5N9/c1-3-13-11(7-23)5-6-12-18(27-13)20-22(30-15(8-24)14(4-2)28-20)21-19(12)29-16(9-25)17(10-26)31-21/h1-2,6H,5H2. The van der Waals surface area contributed by atoms with Crippen molar-refractivity contribution in [2.75, 3.05) is 0 Å². The third-order valence-corrected chi connectivity index (χ3v) is 4.50. The summed E-state index contributed by atoms with van der Waals surface area (Å²) in [5.74, 6) is 4.70. The molecule has 3 heterocycles. The molecule has 0 bridgehead atoms. The van der Waals surface area contributed by atoms with Crippen molar-refractivity contribution in [1.29, 1.82) is 21.0 Å². The van der Waals surface area contributed by atoms with Crippen LogP contribution in [-0.4, -0.2) is 19.9 Å². The van der Waals surface area contributed by atoms with Crippen LogP contribution >= 0.6 is 0 Å². The first-order valence-corrected chi connectivity index (χ1v) is 8.51. The monoisotopic (exact) mass is 395 g/mol. The lowest BCUT2D eigenvalue weighted by Crippen LogP contribution is -2.29. The van der Waals surface area contributed by atoms with E-state index in [-0.39, 0.29) is 67.9 Å². The Hall–Kier alpha value is -5.61. The highest BCUT2D eigenvalue weighted by molar-refractivity contribution is 6.00. The van der Waals surface area contributed by atoms with Crippen LogP contribution < -0.4 is 10.6 Å². The van der Waals surface area contributed by atoms with Gasteiger partial charge in [0.05, 0.1) is 11.6 Å². The van der Waals surface area contributed by atoms with E-state index in [0.29, 0.717) is 5.22 Å². The largest absolute Gasteiger partial charge is 0.236 e. The summed E-state index contributed by atoms with van der Waals surface area (Å²) in [6, 6.07) is 7.57. The second kappa shape index (κ2) is 7.09. The van der Waals surface area contributed by atoms with Crippen molar-refractivity contribution in [3.63, 3.8) is 0 Å². The molecule has 3 aromatic rings. The van der Waals surface area contributed by atoms with Crippen molar-refractivity contribution >= 4 is 28.1 Å². The second-order valence-electron chi connectivity index (χ2n) is 6.08. The van der Waals surface area contributed by atoms with E-state index < -0.39 is 0 Å². The summed E-state index contributed by atoms with van der Waals surface area (Å²) < 4.78 is 0. The third-order valence-electron chi connectivity index (χ3n) is 4.50. The zero-order valence-corrected chi connectivity index (χ0v) is 15.5. The smallest absolute Gasteiger partial charge is 0.177 e. The van der Waals surface area contributed by atoms with E-state index in [4.69, 9.17) is 12.8 Å². The van der Waals surface area contributed by atoms with Gasteiger partial charge in [-0.25, -0.2) is 24.9 Å². The fourth-order valence-corrected chi connectivity index (χ4v) is 3.13. The van der Waals surface area contributed by atoms with Crippen LogP contribution in [0.5, 0.6) is 0 Å². The highest BCUT2D eigenvalue weighted by Gasteiger charge is 2.20. The normalized spacial score (nSPS) is 11.9. The molecule has 0 spiro atoms. The van der Waals surface area contributed by atoms with E-state index in [9.17, 15) is 21.0 Å². The van der Waals surface area contributed by atoms with E-state index >= 15 is 0 Å². The molecule has 0 radical (unpaired) electrons. The topological polar surface area (TPSA) is 159 Å². The first-order valence-electron chi connectivity index (χ1n) is 8.51. The van der Waals surface area contributed by atoms with Crippen LogP contribution in [0, 0.1) is 70.0 Å². The molecule has 9 nitrogen and oxygen atoms in total. The fourth-order valence-electron chi connectivity index (χ4n) is 3.13. The van der Waals surface area contributed by atoms with Gasteiger partial charge in [-0.2, -0.15) is 21.0 Å². The number of rotatable bonds is 0. The minimum Gasteiger partial charge on any atom is -0.236 e. The van der Waals surface area contributed by atoms with Gasteiger partial charge in [0.15, 0.2) is 17.1 Å². The number of hydrogen-bond donors (Lipinski definition) is 0. The van der Waals surface area contributed by atoms with Gasteiger partial charge < -0.3 is 0 Å². The van der Waals surface area contributed by atoms with E-state index in [1.807, 2.05) is 24.3 Å². The Kier molecular flexibility index (Phi) is 4.28. The molecule has 0 saturated carbocycles. The summed E-state index contributed by atoms with van der Waals surface area (Å²) in [7, 11) is 0. The molecule has 1 aromatic carbocycles. The Morgan fingerprint density at radius 1 is 0.677 bits per heavy atom. The van der Waals surface area contributed by atoms with Crippen LogP contribution in [0.4, 0.5) is 0 Å². The van der Waals surface area contributed by atoms with Crippen LogP contribution in [0.1, 0.15) is 29.2 Å². The maximum atomic E-state index is 9.44. The van der Waals surface area contributed by atoms with E-state index in [1.165, 1.54) is 0 Å². The minimum absolute atomic E-state index is 0.00940. The van der Waals surface area contributed by atoms with Crippen LogP contribution in [0.3, 0.4) is 0 Å². The number of benzene rings is 1. The number of nitriles is 4. The molecule has 0 atom stereocenters. The number of hydrogen-bond acceptors (Lipinski definition) is 9. The molecule has 138 valence electrons. The Morgan fingerprint density at radius 2 is 1.23 bits per heavy atom.